The first-order chi connectivity index (χ1) is 13.8. The first-order valence-electron chi connectivity index (χ1n) is 8.78. The molecule has 1 heterocycles. The third-order valence-corrected chi connectivity index (χ3v) is 4.27. The number of amidine groups is 2. The maximum Gasteiger partial charge on any atom is 0.278 e. The lowest BCUT2D eigenvalue weighted by Crippen LogP contribution is -2.52. The normalized spacial score (nSPS) is 13.2. The van der Waals surface area contributed by atoms with E-state index < -0.39 is 0 Å². The average Bonchev–Trinajstić information content (AvgIpc) is 2.79. The van der Waals surface area contributed by atoms with Gasteiger partial charge >= 0.3 is 0 Å². The van der Waals surface area contributed by atoms with Crippen LogP contribution in [0.5, 0.6) is 5.75 Å². The highest BCUT2D eigenvalue weighted by molar-refractivity contribution is 6.16. The standard InChI is InChI=1S/C22H18N4O2/c1-28-19-14-8-13-18(15-19)22(27)26-21(17-11-6-3-7-12-17)24-23-20(25-26)16-9-4-2-5-10-16/h2-15H,1H3,(H,23,25). The molecule has 0 aliphatic carbocycles. The summed E-state index contributed by atoms with van der Waals surface area (Å²) in [5, 5.41) is 10.1. The van der Waals surface area contributed by atoms with Crippen molar-refractivity contribution in [1.82, 2.24) is 10.4 Å². The lowest BCUT2D eigenvalue weighted by Gasteiger charge is -2.28. The maximum atomic E-state index is 13.3. The molecule has 0 radical (unpaired) electrons. The van der Waals surface area contributed by atoms with Gasteiger partial charge in [0.15, 0.2) is 11.7 Å². The van der Waals surface area contributed by atoms with Crippen LogP contribution in [-0.2, 0) is 0 Å². The van der Waals surface area contributed by atoms with Crippen LogP contribution in [0.2, 0.25) is 0 Å². The van der Waals surface area contributed by atoms with Crippen molar-refractivity contribution in [2.75, 3.05) is 7.11 Å². The summed E-state index contributed by atoms with van der Waals surface area (Å²) in [4.78, 5) is 13.3. The highest BCUT2D eigenvalue weighted by atomic mass is 16.5. The first kappa shape index (κ1) is 17.5. The number of hydrazine groups is 1. The summed E-state index contributed by atoms with van der Waals surface area (Å²) in [6.07, 6.45) is 0. The van der Waals surface area contributed by atoms with Gasteiger partial charge in [-0.1, -0.05) is 66.7 Å². The molecule has 0 aromatic heterocycles. The van der Waals surface area contributed by atoms with Crippen molar-refractivity contribution in [3.05, 3.63) is 102 Å². The van der Waals surface area contributed by atoms with E-state index in [0.29, 0.717) is 23.0 Å². The minimum Gasteiger partial charge on any atom is -0.497 e. The minimum atomic E-state index is -0.259. The predicted molar refractivity (Wildman–Crippen MR) is 108 cm³/mol. The smallest absolute Gasteiger partial charge is 0.278 e. The number of rotatable bonds is 4. The number of benzene rings is 3. The number of nitrogens with one attached hydrogen (secondary N) is 1. The van der Waals surface area contributed by atoms with Gasteiger partial charge in [0.05, 0.1) is 7.11 Å². The summed E-state index contributed by atoms with van der Waals surface area (Å²) >= 11 is 0. The van der Waals surface area contributed by atoms with Gasteiger partial charge in [-0.15, -0.1) is 10.2 Å². The second-order valence-electron chi connectivity index (χ2n) is 6.09. The summed E-state index contributed by atoms with van der Waals surface area (Å²) in [5.74, 6) is 1.27. The summed E-state index contributed by atoms with van der Waals surface area (Å²) in [6, 6.07) is 26.0. The molecule has 28 heavy (non-hydrogen) atoms. The zero-order valence-corrected chi connectivity index (χ0v) is 15.2. The van der Waals surface area contributed by atoms with E-state index in [1.165, 1.54) is 5.01 Å². The fraction of sp³-hybridized carbons (Fsp3) is 0.0455. The minimum absolute atomic E-state index is 0.259. The number of ether oxygens (including phenoxy) is 1. The van der Waals surface area contributed by atoms with E-state index in [0.717, 1.165) is 11.1 Å². The molecule has 0 saturated heterocycles. The fourth-order valence-corrected chi connectivity index (χ4v) is 2.85. The SMILES string of the molecule is COc1cccc(C(=O)N2NC(c3ccccc3)=NN=C2c2ccccc2)c1. The molecule has 0 spiro atoms. The largest absolute Gasteiger partial charge is 0.497 e. The Hall–Kier alpha value is -3.93. The van der Waals surface area contributed by atoms with E-state index in [1.807, 2.05) is 60.7 Å². The van der Waals surface area contributed by atoms with Gasteiger partial charge in [-0.05, 0) is 18.2 Å². The Labute approximate surface area is 162 Å². The van der Waals surface area contributed by atoms with Crippen LogP contribution < -0.4 is 10.2 Å². The molecule has 4 rings (SSSR count). The molecule has 6 heteroatoms. The van der Waals surface area contributed by atoms with Crippen LogP contribution in [0.25, 0.3) is 0 Å². The molecule has 0 saturated carbocycles. The zero-order chi connectivity index (χ0) is 19.3. The first-order valence-corrected chi connectivity index (χ1v) is 8.78. The van der Waals surface area contributed by atoms with Crippen molar-refractivity contribution in [3.8, 4) is 5.75 Å². The topological polar surface area (TPSA) is 66.3 Å². The zero-order valence-electron chi connectivity index (χ0n) is 15.2. The second kappa shape index (κ2) is 7.75. The van der Waals surface area contributed by atoms with E-state index in [-0.39, 0.29) is 5.91 Å². The van der Waals surface area contributed by atoms with Crippen molar-refractivity contribution in [1.29, 1.82) is 0 Å². The van der Waals surface area contributed by atoms with Gasteiger partial charge in [0.25, 0.3) is 5.91 Å². The Morgan fingerprint density at radius 2 is 1.54 bits per heavy atom. The fourth-order valence-electron chi connectivity index (χ4n) is 2.85. The molecule has 0 bridgehead atoms. The van der Waals surface area contributed by atoms with Crippen LogP contribution >= 0.6 is 0 Å². The van der Waals surface area contributed by atoms with Crippen LogP contribution in [-0.4, -0.2) is 29.7 Å². The number of hydrogen-bond donors (Lipinski definition) is 1. The van der Waals surface area contributed by atoms with E-state index in [9.17, 15) is 4.79 Å². The van der Waals surface area contributed by atoms with Gasteiger partial charge in [-0.3, -0.25) is 10.2 Å². The number of amides is 1. The van der Waals surface area contributed by atoms with Gasteiger partial charge in [0, 0.05) is 16.7 Å². The van der Waals surface area contributed by atoms with Gasteiger partial charge in [0.2, 0.25) is 0 Å². The van der Waals surface area contributed by atoms with Crippen molar-refractivity contribution >= 4 is 17.6 Å². The molecule has 1 N–H and O–H groups in total. The molecule has 0 fully saturated rings. The van der Waals surface area contributed by atoms with E-state index in [2.05, 4.69) is 15.6 Å². The third kappa shape index (κ3) is 3.48. The quantitative estimate of drug-likeness (QED) is 0.765. The molecular formula is C22H18N4O2. The predicted octanol–water partition coefficient (Wildman–Crippen LogP) is 3.46. The molecular weight excluding hydrogens is 352 g/mol. The van der Waals surface area contributed by atoms with Gasteiger partial charge in [-0.25, -0.2) is 0 Å². The molecule has 138 valence electrons. The van der Waals surface area contributed by atoms with Crippen molar-refractivity contribution in [2.24, 2.45) is 10.2 Å². The average molecular weight is 370 g/mol. The van der Waals surface area contributed by atoms with Gasteiger partial charge in [-0.2, -0.15) is 5.01 Å². The van der Waals surface area contributed by atoms with E-state index >= 15 is 0 Å². The highest BCUT2D eigenvalue weighted by Gasteiger charge is 2.27. The molecule has 6 nitrogen and oxygen atoms in total. The highest BCUT2D eigenvalue weighted by Crippen LogP contribution is 2.18. The number of hydrogen-bond acceptors (Lipinski definition) is 5. The van der Waals surface area contributed by atoms with E-state index in [4.69, 9.17) is 4.74 Å². The summed E-state index contributed by atoms with van der Waals surface area (Å²) in [6.45, 7) is 0. The summed E-state index contributed by atoms with van der Waals surface area (Å²) < 4.78 is 5.25. The summed E-state index contributed by atoms with van der Waals surface area (Å²) in [5.41, 5.74) is 5.21. The Kier molecular flexibility index (Phi) is 4.84. The molecule has 1 amide bonds. The second-order valence-corrected chi connectivity index (χ2v) is 6.09. The van der Waals surface area contributed by atoms with Gasteiger partial charge < -0.3 is 4.74 Å². The van der Waals surface area contributed by atoms with Crippen molar-refractivity contribution in [3.63, 3.8) is 0 Å². The van der Waals surface area contributed by atoms with E-state index in [1.54, 1.807) is 31.4 Å². The third-order valence-electron chi connectivity index (χ3n) is 4.27. The Morgan fingerprint density at radius 1 is 0.857 bits per heavy atom. The van der Waals surface area contributed by atoms with Crippen LogP contribution in [0.1, 0.15) is 21.5 Å². The van der Waals surface area contributed by atoms with Gasteiger partial charge in [0.1, 0.15) is 5.75 Å². The van der Waals surface area contributed by atoms with Crippen LogP contribution in [0, 0.1) is 0 Å². The molecule has 0 atom stereocenters. The molecule has 1 aliphatic heterocycles. The Morgan fingerprint density at radius 3 is 2.21 bits per heavy atom. The van der Waals surface area contributed by atoms with Crippen LogP contribution in [0.15, 0.2) is 95.1 Å². The monoisotopic (exact) mass is 370 g/mol. The Bertz CT molecular complexity index is 1050. The number of methoxy groups -OCH3 is 1. The van der Waals surface area contributed by atoms with Crippen LogP contribution in [0.3, 0.4) is 0 Å². The molecule has 3 aromatic carbocycles. The van der Waals surface area contributed by atoms with Crippen molar-refractivity contribution < 1.29 is 9.53 Å². The lowest BCUT2D eigenvalue weighted by molar-refractivity contribution is 0.0818. The van der Waals surface area contributed by atoms with Crippen molar-refractivity contribution in [2.45, 2.75) is 0 Å². The molecule has 1 aliphatic rings. The molecule has 0 unspecified atom stereocenters. The summed E-state index contributed by atoms with van der Waals surface area (Å²) in [7, 11) is 1.57. The maximum absolute atomic E-state index is 13.3. The Balaban J connectivity index is 1.75. The number of carbonyl (C=O) groups excluding carboxylic acids is 1. The number of nitrogens with zero attached hydrogens (tertiary/aromatic N) is 3. The van der Waals surface area contributed by atoms with Crippen LogP contribution in [0.4, 0.5) is 0 Å². The lowest BCUT2D eigenvalue weighted by atomic mass is 10.1. The number of carbonyl (C=O) groups is 1. The molecule has 3 aromatic rings.